The normalized spacial score (nSPS) is 23.5. The molecule has 1 heterocycles. The molecule has 5 N–H and O–H groups in total. The minimum atomic E-state index is -0.777. The first-order valence-corrected chi connectivity index (χ1v) is 5.40. The first-order valence-electron chi connectivity index (χ1n) is 5.40. The van der Waals surface area contributed by atoms with Gasteiger partial charge in [0.05, 0.1) is 12.2 Å². The summed E-state index contributed by atoms with van der Waals surface area (Å²) in [5, 5.41) is 11.9. The van der Waals surface area contributed by atoms with Crippen molar-refractivity contribution >= 4 is 17.5 Å². The van der Waals surface area contributed by atoms with Crippen molar-refractivity contribution in [2.75, 3.05) is 11.1 Å². The van der Waals surface area contributed by atoms with E-state index in [1.54, 1.807) is 0 Å². The van der Waals surface area contributed by atoms with Crippen LogP contribution < -0.4 is 16.6 Å². The zero-order chi connectivity index (χ0) is 12.4. The molecule has 2 unspecified atom stereocenters. The highest BCUT2D eigenvalue weighted by atomic mass is 16.4. The Labute approximate surface area is 97.1 Å². The molecule has 7 nitrogen and oxygen atoms in total. The fourth-order valence-corrected chi connectivity index (χ4v) is 2.06. The van der Waals surface area contributed by atoms with E-state index in [9.17, 15) is 9.59 Å². The van der Waals surface area contributed by atoms with Gasteiger partial charge in [-0.3, -0.25) is 9.59 Å². The highest BCUT2D eigenvalue weighted by molar-refractivity contribution is 5.70. The van der Waals surface area contributed by atoms with Crippen molar-refractivity contribution in [3.05, 3.63) is 16.7 Å². The molecule has 1 aromatic heterocycles. The molecule has 1 aliphatic carbocycles. The van der Waals surface area contributed by atoms with Gasteiger partial charge in [0.2, 0.25) is 0 Å². The van der Waals surface area contributed by atoms with Crippen LogP contribution in [0.1, 0.15) is 19.3 Å². The van der Waals surface area contributed by atoms with E-state index >= 15 is 0 Å². The molecule has 0 bridgehead atoms. The highest BCUT2D eigenvalue weighted by Gasteiger charge is 2.30. The predicted molar refractivity (Wildman–Crippen MR) is 61.7 cm³/mol. The number of aromatic amines is 1. The second kappa shape index (κ2) is 4.44. The minimum absolute atomic E-state index is 0.00713. The summed E-state index contributed by atoms with van der Waals surface area (Å²) in [7, 11) is 0. The number of nitrogens with zero attached hydrogens (tertiary/aromatic N) is 1. The van der Waals surface area contributed by atoms with Crippen LogP contribution in [-0.4, -0.2) is 27.1 Å². The van der Waals surface area contributed by atoms with E-state index in [2.05, 4.69) is 15.3 Å². The van der Waals surface area contributed by atoms with E-state index in [1.807, 2.05) is 0 Å². The molecule has 2 atom stereocenters. The van der Waals surface area contributed by atoms with Gasteiger partial charge in [-0.05, 0) is 19.3 Å². The summed E-state index contributed by atoms with van der Waals surface area (Å²) in [5.74, 6) is -0.776. The third-order valence-corrected chi connectivity index (χ3v) is 3.01. The summed E-state index contributed by atoms with van der Waals surface area (Å²) >= 11 is 0. The van der Waals surface area contributed by atoms with E-state index in [-0.39, 0.29) is 17.6 Å². The van der Waals surface area contributed by atoms with E-state index < -0.39 is 11.5 Å². The predicted octanol–water partition coefficient (Wildman–Crippen LogP) is 0.0173. The molecule has 1 fully saturated rings. The number of carboxylic acid groups (broad SMARTS) is 1. The van der Waals surface area contributed by atoms with Crippen LogP contribution in [0.2, 0.25) is 0 Å². The second-order valence-electron chi connectivity index (χ2n) is 4.18. The molecule has 2 rings (SSSR count). The van der Waals surface area contributed by atoms with E-state index in [0.717, 1.165) is 6.42 Å². The van der Waals surface area contributed by atoms with Gasteiger partial charge in [-0.2, -0.15) is 0 Å². The number of nitrogens with two attached hydrogens (primary N) is 1. The van der Waals surface area contributed by atoms with Crippen molar-refractivity contribution < 1.29 is 9.90 Å². The molecule has 0 saturated heterocycles. The third kappa shape index (κ3) is 2.38. The lowest BCUT2D eigenvalue weighted by atomic mass is 10.1. The van der Waals surface area contributed by atoms with Crippen LogP contribution in [0.15, 0.2) is 11.1 Å². The quantitative estimate of drug-likeness (QED) is 0.589. The van der Waals surface area contributed by atoms with Gasteiger partial charge in [0.15, 0.2) is 5.82 Å². The maximum absolute atomic E-state index is 11.2. The topological polar surface area (TPSA) is 121 Å². The number of rotatable bonds is 3. The number of aromatic nitrogens is 2. The Morgan fingerprint density at radius 2 is 2.35 bits per heavy atom. The number of H-pyrrole nitrogens is 1. The summed E-state index contributed by atoms with van der Waals surface area (Å²) in [5.41, 5.74) is 5.21. The Morgan fingerprint density at radius 3 is 3.00 bits per heavy atom. The molecule has 1 aromatic rings. The lowest BCUT2D eigenvalue weighted by Crippen LogP contribution is -2.22. The smallest absolute Gasteiger partial charge is 0.306 e. The zero-order valence-corrected chi connectivity index (χ0v) is 9.14. The van der Waals surface area contributed by atoms with Crippen molar-refractivity contribution in [2.24, 2.45) is 5.92 Å². The third-order valence-electron chi connectivity index (χ3n) is 3.01. The van der Waals surface area contributed by atoms with Crippen LogP contribution in [0.4, 0.5) is 11.5 Å². The monoisotopic (exact) mass is 238 g/mol. The standard InChI is InChI=1S/C10H14N4O3/c11-7-8(12-4-13-9(7)15)14-6-2-1-5(3-6)10(16)17/h4-6H,1-3,11H2,(H,16,17)(H2,12,13,14,15). The molecule has 7 heteroatoms. The van der Waals surface area contributed by atoms with E-state index in [0.29, 0.717) is 18.7 Å². The summed E-state index contributed by atoms with van der Waals surface area (Å²) < 4.78 is 0. The first kappa shape index (κ1) is 11.4. The summed E-state index contributed by atoms with van der Waals surface area (Å²) in [6, 6.07) is 0.00713. The van der Waals surface area contributed by atoms with Crippen LogP contribution in [0.5, 0.6) is 0 Å². The molecular formula is C10H14N4O3. The maximum atomic E-state index is 11.2. The Bertz CT molecular complexity index is 485. The molecule has 0 radical (unpaired) electrons. The fourth-order valence-electron chi connectivity index (χ4n) is 2.06. The molecule has 0 amide bonds. The SMILES string of the molecule is Nc1c(NC2CCC(C(=O)O)C2)nc[nH]c1=O. The second-order valence-corrected chi connectivity index (χ2v) is 4.18. The maximum Gasteiger partial charge on any atom is 0.306 e. The lowest BCUT2D eigenvalue weighted by molar-refractivity contribution is -0.141. The molecule has 1 aliphatic rings. The van der Waals surface area contributed by atoms with Gasteiger partial charge in [0, 0.05) is 6.04 Å². The number of anilines is 2. The molecule has 0 aromatic carbocycles. The molecule has 92 valence electrons. The van der Waals surface area contributed by atoms with Crippen molar-refractivity contribution in [3.8, 4) is 0 Å². The Balaban J connectivity index is 2.05. The van der Waals surface area contributed by atoms with Crippen LogP contribution in [0.25, 0.3) is 0 Å². The van der Waals surface area contributed by atoms with Crippen LogP contribution in [0, 0.1) is 5.92 Å². The number of nitrogen functional groups attached to an aromatic ring is 1. The summed E-state index contributed by atoms with van der Waals surface area (Å²) in [6.07, 6.45) is 3.18. The van der Waals surface area contributed by atoms with Crippen LogP contribution in [0.3, 0.4) is 0 Å². The number of hydrogen-bond acceptors (Lipinski definition) is 5. The van der Waals surface area contributed by atoms with E-state index in [4.69, 9.17) is 10.8 Å². The van der Waals surface area contributed by atoms with Crippen LogP contribution >= 0.6 is 0 Å². The number of nitrogens with one attached hydrogen (secondary N) is 2. The zero-order valence-electron chi connectivity index (χ0n) is 9.14. The molecule has 1 saturated carbocycles. The summed E-state index contributed by atoms with van der Waals surface area (Å²) in [4.78, 5) is 28.3. The largest absolute Gasteiger partial charge is 0.481 e. The number of carboxylic acids is 1. The fraction of sp³-hybridized carbons (Fsp3) is 0.500. The van der Waals surface area contributed by atoms with Gasteiger partial charge in [-0.1, -0.05) is 0 Å². The van der Waals surface area contributed by atoms with Crippen molar-refractivity contribution in [1.82, 2.24) is 9.97 Å². The Morgan fingerprint density at radius 1 is 1.59 bits per heavy atom. The lowest BCUT2D eigenvalue weighted by Gasteiger charge is -2.13. The Kier molecular flexibility index (Phi) is 2.99. The van der Waals surface area contributed by atoms with Crippen molar-refractivity contribution in [2.45, 2.75) is 25.3 Å². The van der Waals surface area contributed by atoms with Crippen LogP contribution in [-0.2, 0) is 4.79 Å². The van der Waals surface area contributed by atoms with Gasteiger partial charge in [-0.15, -0.1) is 0 Å². The summed E-state index contributed by atoms with van der Waals surface area (Å²) in [6.45, 7) is 0. The Hall–Kier alpha value is -2.05. The van der Waals surface area contributed by atoms with Gasteiger partial charge < -0.3 is 21.1 Å². The van der Waals surface area contributed by atoms with E-state index in [1.165, 1.54) is 6.33 Å². The average Bonchev–Trinajstić information content (AvgIpc) is 2.73. The molecular weight excluding hydrogens is 224 g/mol. The van der Waals surface area contributed by atoms with Gasteiger partial charge in [0.1, 0.15) is 5.69 Å². The van der Waals surface area contributed by atoms with Crippen molar-refractivity contribution in [3.63, 3.8) is 0 Å². The van der Waals surface area contributed by atoms with Gasteiger partial charge >= 0.3 is 5.97 Å². The number of hydrogen-bond donors (Lipinski definition) is 4. The number of carbonyl (C=O) groups is 1. The van der Waals surface area contributed by atoms with Gasteiger partial charge in [-0.25, -0.2) is 4.98 Å². The van der Waals surface area contributed by atoms with Crippen molar-refractivity contribution in [1.29, 1.82) is 0 Å². The molecule has 17 heavy (non-hydrogen) atoms. The minimum Gasteiger partial charge on any atom is -0.481 e. The highest BCUT2D eigenvalue weighted by Crippen LogP contribution is 2.28. The van der Waals surface area contributed by atoms with Gasteiger partial charge in [0.25, 0.3) is 5.56 Å². The number of aliphatic carboxylic acids is 1. The molecule has 0 aliphatic heterocycles. The first-order chi connectivity index (χ1) is 8.08. The average molecular weight is 238 g/mol. The molecule has 0 spiro atoms.